The van der Waals surface area contributed by atoms with Gasteiger partial charge in [-0.05, 0) is 37.1 Å². The first-order valence-corrected chi connectivity index (χ1v) is 6.71. The van der Waals surface area contributed by atoms with E-state index in [4.69, 9.17) is 5.73 Å². The minimum Gasteiger partial charge on any atom is -0.329 e. The molecule has 1 heterocycles. The zero-order valence-corrected chi connectivity index (χ0v) is 12.3. The van der Waals surface area contributed by atoms with Crippen molar-refractivity contribution in [2.75, 3.05) is 13.1 Å². The minimum absolute atomic E-state index is 0. The third-order valence-corrected chi connectivity index (χ3v) is 3.77. The van der Waals surface area contributed by atoms with E-state index in [2.05, 4.69) is 0 Å². The van der Waals surface area contributed by atoms with Crippen molar-refractivity contribution in [1.82, 2.24) is 4.90 Å². The minimum atomic E-state index is -4.54. The topological polar surface area (TPSA) is 29.3 Å². The van der Waals surface area contributed by atoms with E-state index in [9.17, 15) is 17.6 Å². The molecule has 0 saturated carbocycles. The fourth-order valence-electron chi connectivity index (χ4n) is 2.70. The maximum Gasteiger partial charge on any atom is 0.416 e. The van der Waals surface area contributed by atoms with Crippen LogP contribution in [0.4, 0.5) is 17.6 Å². The molecule has 1 aliphatic heterocycles. The molecule has 0 bridgehead atoms. The summed E-state index contributed by atoms with van der Waals surface area (Å²) in [6.45, 7) is 1.33. The second kappa shape index (κ2) is 7.42. The molecule has 0 aromatic heterocycles. The molecule has 0 radical (unpaired) electrons. The van der Waals surface area contributed by atoms with Gasteiger partial charge < -0.3 is 5.73 Å². The normalized spacial score (nSPS) is 20.1. The first-order valence-electron chi connectivity index (χ1n) is 6.71. The van der Waals surface area contributed by atoms with E-state index in [1.807, 2.05) is 4.90 Å². The Bertz CT molecular complexity index is 465. The van der Waals surface area contributed by atoms with Crippen LogP contribution in [-0.4, -0.2) is 24.0 Å². The van der Waals surface area contributed by atoms with Gasteiger partial charge in [-0.1, -0.05) is 12.5 Å². The fraction of sp³-hybridized carbons (Fsp3) is 0.571. The predicted molar refractivity (Wildman–Crippen MR) is 75.8 cm³/mol. The van der Waals surface area contributed by atoms with Crippen LogP contribution in [0.15, 0.2) is 18.2 Å². The van der Waals surface area contributed by atoms with Crippen molar-refractivity contribution in [2.24, 2.45) is 5.73 Å². The Hall–Kier alpha value is -0.850. The third kappa shape index (κ3) is 4.56. The highest BCUT2D eigenvalue weighted by atomic mass is 35.5. The van der Waals surface area contributed by atoms with Gasteiger partial charge in [0.25, 0.3) is 0 Å². The van der Waals surface area contributed by atoms with Gasteiger partial charge in [-0.25, -0.2) is 4.39 Å². The molecule has 0 amide bonds. The Balaban J connectivity index is 0.00000220. The van der Waals surface area contributed by atoms with E-state index in [-0.39, 0.29) is 30.6 Å². The largest absolute Gasteiger partial charge is 0.416 e. The Labute approximate surface area is 127 Å². The zero-order valence-electron chi connectivity index (χ0n) is 11.5. The number of piperidine rings is 1. The van der Waals surface area contributed by atoms with Gasteiger partial charge in [-0.3, -0.25) is 4.90 Å². The predicted octanol–water partition coefficient (Wildman–Crippen LogP) is 3.58. The summed E-state index contributed by atoms with van der Waals surface area (Å²) in [7, 11) is 0. The van der Waals surface area contributed by atoms with Gasteiger partial charge in [-0.2, -0.15) is 13.2 Å². The number of benzene rings is 1. The molecule has 7 heteroatoms. The van der Waals surface area contributed by atoms with Crippen LogP contribution in [0.1, 0.15) is 30.4 Å². The molecule has 2 N–H and O–H groups in total. The summed E-state index contributed by atoms with van der Waals surface area (Å²) in [5.41, 5.74) is 4.89. The van der Waals surface area contributed by atoms with Crippen LogP contribution in [0.5, 0.6) is 0 Å². The third-order valence-electron chi connectivity index (χ3n) is 3.77. The number of nitrogens with two attached hydrogens (primary N) is 1. The molecule has 0 spiro atoms. The highest BCUT2D eigenvalue weighted by Crippen LogP contribution is 2.33. The second-order valence-electron chi connectivity index (χ2n) is 5.16. The number of halogens is 5. The maximum atomic E-state index is 13.1. The molecule has 1 fully saturated rings. The van der Waals surface area contributed by atoms with Crippen molar-refractivity contribution in [3.05, 3.63) is 35.1 Å². The molecular formula is C14H19ClF4N2. The number of nitrogens with zero attached hydrogens (tertiary/aromatic N) is 1. The molecule has 1 aromatic carbocycles. The molecule has 1 unspecified atom stereocenters. The van der Waals surface area contributed by atoms with Crippen LogP contribution in [0.3, 0.4) is 0 Å². The van der Waals surface area contributed by atoms with Gasteiger partial charge in [-0.15, -0.1) is 12.4 Å². The van der Waals surface area contributed by atoms with Crippen LogP contribution < -0.4 is 5.73 Å². The monoisotopic (exact) mass is 326 g/mol. The van der Waals surface area contributed by atoms with Gasteiger partial charge in [0.1, 0.15) is 5.82 Å². The molecule has 1 saturated heterocycles. The van der Waals surface area contributed by atoms with E-state index in [1.54, 1.807) is 0 Å². The van der Waals surface area contributed by atoms with Crippen LogP contribution in [0, 0.1) is 5.82 Å². The number of hydrogen-bond donors (Lipinski definition) is 1. The molecule has 2 rings (SSSR count). The summed E-state index contributed by atoms with van der Waals surface area (Å²) in [6, 6.07) is 2.97. The van der Waals surface area contributed by atoms with Gasteiger partial charge in [0.15, 0.2) is 0 Å². The molecule has 0 aliphatic carbocycles. The van der Waals surface area contributed by atoms with Crippen LogP contribution in [-0.2, 0) is 12.7 Å². The summed E-state index contributed by atoms with van der Waals surface area (Å²) in [5, 5.41) is 0. The smallest absolute Gasteiger partial charge is 0.329 e. The molecule has 1 aromatic rings. The van der Waals surface area contributed by atoms with Gasteiger partial charge in [0.05, 0.1) is 5.56 Å². The maximum absolute atomic E-state index is 13.1. The first-order chi connectivity index (χ1) is 9.41. The number of rotatable bonds is 3. The summed E-state index contributed by atoms with van der Waals surface area (Å²) < 4.78 is 51.9. The van der Waals surface area contributed by atoms with Crippen LogP contribution >= 0.6 is 12.4 Å². The molecular weight excluding hydrogens is 308 g/mol. The lowest BCUT2D eigenvalue weighted by Gasteiger charge is -2.35. The zero-order chi connectivity index (χ0) is 14.8. The van der Waals surface area contributed by atoms with Crippen molar-refractivity contribution >= 4 is 12.4 Å². The summed E-state index contributed by atoms with van der Waals surface area (Å²) in [4.78, 5) is 1.96. The fourth-order valence-corrected chi connectivity index (χ4v) is 2.70. The number of alkyl halides is 3. The summed E-state index contributed by atoms with van der Waals surface area (Å²) >= 11 is 0. The first kappa shape index (κ1) is 18.2. The highest BCUT2D eigenvalue weighted by molar-refractivity contribution is 5.85. The van der Waals surface area contributed by atoms with Crippen molar-refractivity contribution in [3.8, 4) is 0 Å². The SMILES string of the molecule is Cl.NCC1CCCCN1Cc1ccc(F)cc1C(F)(F)F. The van der Waals surface area contributed by atoms with E-state index in [0.717, 1.165) is 31.9 Å². The lowest BCUT2D eigenvalue weighted by Crippen LogP contribution is -2.43. The van der Waals surface area contributed by atoms with Gasteiger partial charge >= 0.3 is 6.18 Å². The highest BCUT2D eigenvalue weighted by Gasteiger charge is 2.34. The lowest BCUT2D eigenvalue weighted by atomic mass is 9.99. The average molecular weight is 327 g/mol. The summed E-state index contributed by atoms with van der Waals surface area (Å²) in [6.07, 6.45) is -1.63. The molecule has 1 atom stereocenters. The van der Waals surface area contributed by atoms with E-state index < -0.39 is 17.6 Å². The van der Waals surface area contributed by atoms with Crippen molar-refractivity contribution in [1.29, 1.82) is 0 Å². The molecule has 21 heavy (non-hydrogen) atoms. The summed E-state index contributed by atoms with van der Waals surface area (Å²) in [5.74, 6) is -0.866. The van der Waals surface area contributed by atoms with E-state index in [0.29, 0.717) is 12.6 Å². The van der Waals surface area contributed by atoms with Crippen molar-refractivity contribution < 1.29 is 17.6 Å². The van der Waals surface area contributed by atoms with Crippen LogP contribution in [0.2, 0.25) is 0 Å². The quantitative estimate of drug-likeness (QED) is 0.860. The average Bonchev–Trinajstić information content (AvgIpc) is 2.40. The Morgan fingerprint density at radius 2 is 1.95 bits per heavy atom. The van der Waals surface area contributed by atoms with E-state index >= 15 is 0 Å². The van der Waals surface area contributed by atoms with Crippen LogP contribution in [0.25, 0.3) is 0 Å². The number of likely N-dealkylation sites (tertiary alicyclic amines) is 1. The Morgan fingerprint density at radius 3 is 2.57 bits per heavy atom. The van der Waals surface area contributed by atoms with Crippen molar-refractivity contribution in [2.45, 2.75) is 38.0 Å². The molecule has 2 nitrogen and oxygen atoms in total. The molecule has 120 valence electrons. The Kier molecular flexibility index (Phi) is 6.43. The number of hydrogen-bond acceptors (Lipinski definition) is 2. The Morgan fingerprint density at radius 1 is 1.24 bits per heavy atom. The second-order valence-corrected chi connectivity index (χ2v) is 5.16. The van der Waals surface area contributed by atoms with E-state index in [1.165, 1.54) is 6.07 Å². The lowest BCUT2D eigenvalue weighted by molar-refractivity contribution is -0.138. The van der Waals surface area contributed by atoms with Gasteiger partial charge in [0.2, 0.25) is 0 Å². The van der Waals surface area contributed by atoms with Crippen molar-refractivity contribution in [3.63, 3.8) is 0 Å². The molecule has 1 aliphatic rings. The standard InChI is InChI=1S/C14H18F4N2.ClH/c15-11-5-4-10(13(7-11)14(16,17)18)9-20-6-2-1-3-12(20)8-19;/h4-5,7,12H,1-3,6,8-9,19H2;1H. The van der Waals surface area contributed by atoms with Gasteiger partial charge in [0, 0.05) is 19.1 Å².